The molecule has 1 rings (SSSR count). The Hall–Kier alpha value is -1.42. The summed E-state index contributed by atoms with van der Waals surface area (Å²) in [6, 6.07) is 2.61. The Bertz CT molecular complexity index is 455. The first kappa shape index (κ1) is 16.6. The molecule has 0 bridgehead atoms. The lowest BCUT2D eigenvalue weighted by Crippen LogP contribution is -2.35. The second-order valence-electron chi connectivity index (χ2n) is 6.05. The number of halogens is 2. The zero-order chi connectivity index (χ0) is 15.3. The molecule has 0 heterocycles. The van der Waals surface area contributed by atoms with Crippen LogP contribution in [0.1, 0.15) is 39.7 Å². The largest absolute Gasteiger partial charge is 0.487 e. The zero-order valence-corrected chi connectivity index (χ0v) is 12.6. The van der Waals surface area contributed by atoms with E-state index in [4.69, 9.17) is 4.74 Å². The number of benzene rings is 1. The van der Waals surface area contributed by atoms with Gasteiger partial charge in [-0.25, -0.2) is 8.78 Å². The van der Waals surface area contributed by atoms with Crippen molar-refractivity contribution >= 4 is 0 Å². The predicted octanol–water partition coefficient (Wildman–Crippen LogP) is 4.20. The first-order chi connectivity index (χ1) is 9.19. The highest BCUT2D eigenvalue weighted by Gasteiger charge is 2.14. The molecule has 0 aromatic heterocycles. The van der Waals surface area contributed by atoms with Crippen molar-refractivity contribution < 1.29 is 13.5 Å². The lowest BCUT2D eigenvalue weighted by molar-refractivity contribution is 0.287. The molecule has 0 saturated heterocycles. The van der Waals surface area contributed by atoms with Gasteiger partial charge in [0.15, 0.2) is 17.4 Å². The van der Waals surface area contributed by atoms with Crippen LogP contribution < -0.4 is 10.1 Å². The van der Waals surface area contributed by atoms with Gasteiger partial charge in [0.25, 0.3) is 0 Å². The maximum atomic E-state index is 13.8. The average Bonchev–Trinajstić information content (AvgIpc) is 2.29. The molecule has 0 spiro atoms. The molecule has 0 atom stereocenters. The van der Waals surface area contributed by atoms with E-state index in [9.17, 15) is 8.78 Å². The van der Waals surface area contributed by atoms with Crippen molar-refractivity contribution in [2.45, 2.75) is 46.2 Å². The van der Waals surface area contributed by atoms with Crippen LogP contribution in [0.3, 0.4) is 0 Å². The van der Waals surface area contributed by atoms with Gasteiger partial charge in [0.2, 0.25) is 0 Å². The molecule has 112 valence electrons. The Morgan fingerprint density at radius 1 is 1.25 bits per heavy atom. The fourth-order valence-electron chi connectivity index (χ4n) is 1.55. The van der Waals surface area contributed by atoms with Crippen LogP contribution in [0.5, 0.6) is 5.75 Å². The van der Waals surface area contributed by atoms with Gasteiger partial charge < -0.3 is 10.1 Å². The summed E-state index contributed by atoms with van der Waals surface area (Å²) < 4.78 is 32.8. The molecule has 0 amide bonds. The summed E-state index contributed by atoms with van der Waals surface area (Å²) in [6.45, 7) is 12.2. The summed E-state index contributed by atoms with van der Waals surface area (Å²) in [6.07, 6.45) is 0.576. The topological polar surface area (TPSA) is 21.3 Å². The second-order valence-corrected chi connectivity index (χ2v) is 6.05. The number of ether oxygens (including phenoxy) is 1. The van der Waals surface area contributed by atoms with Crippen molar-refractivity contribution in [3.63, 3.8) is 0 Å². The highest BCUT2D eigenvalue weighted by Crippen LogP contribution is 2.24. The van der Waals surface area contributed by atoms with Crippen molar-refractivity contribution in [2.24, 2.45) is 0 Å². The third-order valence-corrected chi connectivity index (χ3v) is 2.66. The molecule has 1 aromatic carbocycles. The van der Waals surface area contributed by atoms with Gasteiger partial charge >= 0.3 is 0 Å². The highest BCUT2D eigenvalue weighted by atomic mass is 19.1. The van der Waals surface area contributed by atoms with Gasteiger partial charge in [0.1, 0.15) is 0 Å². The number of nitrogens with one attached hydrogen (secondary N) is 1. The van der Waals surface area contributed by atoms with Crippen LogP contribution >= 0.6 is 0 Å². The van der Waals surface area contributed by atoms with Gasteiger partial charge in [0.05, 0.1) is 6.61 Å². The second kappa shape index (κ2) is 6.84. The van der Waals surface area contributed by atoms with Crippen LogP contribution in [0.4, 0.5) is 8.78 Å². The molecular weight excluding hydrogens is 260 g/mol. The van der Waals surface area contributed by atoms with Crippen molar-refractivity contribution in [1.82, 2.24) is 5.32 Å². The van der Waals surface area contributed by atoms with Gasteiger partial charge in [-0.2, -0.15) is 0 Å². The van der Waals surface area contributed by atoms with E-state index in [1.165, 1.54) is 12.1 Å². The first-order valence-electron chi connectivity index (χ1n) is 6.69. The van der Waals surface area contributed by atoms with E-state index in [0.717, 1.165) is 5.57 Å². The summed E-state index contributed by atoms with van der Waals surface area (Å²) >= 11 is 0. The lowest BCUT2D eigenvalue weighted by atomic mass is 10.1. The van der Waals surface area contributed by atoms with Crippen LogP contribution in [-0.2, 0) is 6.54 Å². The Labute approximate surface area is 119 Å². The van der Waals surface area contributed by atoms with E-state index in [1.54, 1.807) is 0 Å². The smallest absolute Gasteiger partial charge is 0.190 e. The standard InChI is InChI=1S/C16H23F2NO/c1-11(2)6-7-20-15-13(17)8-12(9-14(15)18)10-19-16(3,4)5/h8-9,19H,1,6-7,10H2,2-5H3. The Kier molecular flexibility index (Phi) is 5.69. The number of hydrogen-bond acceptors (Lipinski definition) is 2. The molecule has 0 saturated carbocycles. The van der Waals surface area contributed by atoms with Crippen LogP contribution in [-0.4, -0.2) is 12.1 Å². The minimum Gasteiger partial charge on any atom is -0.487 e. The van der Waals surface area contributed by atoms with Gasteiger partial charge in [-0.05, 0) is 45.4 Å². The van der Waals surface area contributed by atoms with Crippen LogP contribution in [0, 0.1) is 11.6 Å². The van der Waals surface area contributed by atoms with Crippen molar-refractivity contribution in [3.05, 3.63) is 41.5 Å². The van der Waals surface area contributed by atoms with Crippen LogP contribution in [0.15, 0.2) is 24.3 Å². The summed E-state index contributed by atoms with van der Waals surface area (Å²) in [5.41, 5.74) is 1.36. The van der Waals surface area contributed by atoms with Gasteiger partial charge in [0, 0.05) is 18.5 Å². The molecule has 0 aliphatic rings. The van der Waals surface area contributed by atoms with E-state index in [0.29, 0.717) is 18.5 Å². The molecule has 1 N–H and O–H groups in total. The summed E-state index contributed by atoms with van der Waals surface area (Å²) in [5, 5.41) is 3.18. The molecule has 4 heteroatoms. The zero-order valence-electron chi connectivity index (χ0n) is 12.6. The molecule has 1 aromatic rings. The fourth-order valence-corrected chi connectivity index (χ4v) is 1.55. The van der Waals surface area contributed by atoms with Crippen molar-refractivity contribution in [2.75, 3.05) is 6.61 Å². The summed E-state index contributed by atoms with van der Waals surface area (Å²) in [4.78, 5) is 0. The van der Waals surface area contributed by atoms with Crippen LogP contribution in [0.2, 0.25) is 0 Å². The van der Waals surface area contributed by atoms with Gasteiger partial charge in [-0.3, -0.25) is 0 Å². The molecule has 0 fully saturated rings. The fraction of sp³-hybridized carbons (Fsp3) is 0.500. The van der Waals surface area contributed by atoms with E-state index in [-0.39, 0.29) is 17.9 Å². The van der Waals surface area contributed by atoms with Crippen molar-refractivity contribution in [3.8, 4) is 5.75 Å². The summed E-state index contributed by atoms with van der Waals surface area (Å²) in [5.74, 6) is -1.65. The Morgan fingerprint density at radius 2 is 1.80 bits per heavy atom. The predicted molar refractivity (Wildman–Crippen MR) is 77.9 cm³/mol. The third-order valence-electron chi connectivity index (χ3n) is 2.66. The quantitative estimate of drug-likeness (QED) is 0.790. The Morgan fingerprint density at radius 3 is 2.25 bits per heavy atom. The van der Waals surface area contributed by atoms with Crippen LogP contribution in [0.25, 0.3) is 0 Å². The molecule has 2 nitrogen and oxygen atoms in total. The third kappa shape index (κ3) is 5.70. The monoisotopic (exact) mass is 283 g/mol. The molecule has 0 aliphatic carbocycles. The molecule has 0 unspecified atom stereocenters. The number of hydrogen-bond donors (Lipinski definition) is 1. The van der Waals surface area contributed by atoms with Gasteiger partial charge in [-0.15, -0.1) is 6.58 Å². The molecule has 0 aliphatic heterocycles. The van der Waals surface area contributed by atoms with Gasteiger partial charge in [-0.1, -0.05) is 5.57 Å². The van der Waals surface area contributed by atoms with E-state index in [1.807, 2.05) is 27.7 Å². The van der Waals surface area contributed by atoms with E-state index < -0.39 is 11.6 Å². The van der Waals surface area contributed by atoms with E-state index in [2.05, 4.69) is 11.9 Å². The van der Waals surface area contributed by atoms with Crippen molar-refractivity contribution in [1.29, 1.82) is 0 Å². The highest BCUT2D eigenvalue weighted by molar-refractivity contribution is 5.31. The minimum atomic E-state index is -0.669. The molecule has 20 heavy (non-hydrogen) atoms. The maximum Gasteiger partial charge on any atom is 0.190 e. The first-order valence-corrected chi connectivity index (χ1v) is 6.69. The Balaban J connectivity index is 2.73. The van der Waals surface area contributed by atoms with E-state index >= 15 is 0 Å². The average molecular weight is 283 g/mol. The summed E-state index contributed by atoms with van der Waals surface area (Å²) in [7, 11) is 0. The normalized spacial score (nSPS) is 11.5. The molecular formula is C16H23F2NO. The lowest BCUT2D eigenvalue weighted by Gasteiger charge is -2.20. The maximum absolute atomic E-state index is 13.8. The molecule has 0 radical (unpaired) electrons. The number of rotatable bonds is 6. The SMILES string of the molecule is C=C(C)CCOc1c(F)cc(CNC(C)(C)C)cc1F. The minimum absolute atomic E-state index is 0.108.